The van der Waals surface area contributed by atoms with E-state index in [1.165, 1.54) is 12.1 Å². The van der Waals surface area contributed by atoms with Crippen molar-refractivity contribution >= 4 is 29.4 Å². The molecular formula is C51H59N9O10. The second-order valence-electron chi connectivity index (χ2n) is 17.0. The van der Waals surface area contributed by atoms with Crippen molar-refractivity contribution < 1.29 is 48.3 Å². The number of benzene rings is 3. The van der Waals surface area contributed by atoms with Gasteiger partial charge in [0, 0.05) is 56.9 Å². The first-order valence-corrected chi connectivity index (χ1v) is 23.5. The lowest BCUT2D eigenvalue weighted by Crippen LogP contribution is -2.37. The van der Waals surface area contributed by atoms with E-state index in [1.54, 1.807) is 41.3 Å². The summed E-state index contributed by atoms with van der Waals surface area (Å²) in [6.45, 7) is 5.73. The highest BCUT2D eigenvalue weighted by Crippen LogP contribution is 2.40. The molecule has 3 atom stereocenters. The number of aromatic carboxylic acids is 2. The number of hydrazine groups is 2. The molecule has 2 aromatic heterocycles. The third-order valence-corrected chi connectivity index (χ3v) is 12.4. The molecule has 3 unspecified atom stereocenters. The molecule has 19 heteroatoms. The van der Waals surface area contributed by atoms with Crippen LogP contribution in [0.1, 0.15) is 89.5 Å². The Hall–Kier alpha value is -6.52. The number of fused-ring (bicyclic) bond motifs is 5. The van der Waals surface area contributed by atoms with Crippen molar-refractivity contribution in [3.05, 3.63) is 160 Å². The number of aromatic nitrogens is 2. The largest absolute Gasteiger partial charge is 0.477 e. The molecule has 3 aliphatic rings. The molecule has 0 spiro atoms. The summed E-state index contributed by atoms with van der Waals surface area (Å²) in [6, 6.07) is 32.2. The number of pyridine rings is 2. The van der Waals surface area contributed by atoms with Crippen molar-refractivity contribution in [1.82, 2.24) is 41.5 Å². The van der Waals surface area contributed by atoms with Crippen LogP contribution in [0.3, 0.4) is 0 Å². The van der Waals surface area contributed by atoms with Crippen molar-refractivity contribution in [3.63, 3.8) is 0 Å². The summed E-state index contributed by atoms with van der Waals surface area (Å²) in [5, 5.41) is 22.2. The van der Waals surface area contributed by atoms with Crippen molar-refractivity contribution in [2.45, 2.75) is 37.6 Å². The number of nitrogens with one attached hydrogen (secondary N) is 4. The van der Waals surface area contributed by atoms with Gasteiger partial charge in [-0.3, -0.25) is 19.4 Å². The monoisotopic (exact) mass is 957 g/mol. The van der Waals surface area contributed by atoms with Crippen molar-refractivity contribution in [2.24, 2.45) is 0 Å². The summed E-state index contributed by atoms with van der Waals surface area (Å²) < 4.78 is 23.9. The van der Waals surface area contributed by atoms with Gasteiger partial charge in [-0.25, -0.2) is 30.4 Å². The Kier molecular flexibility index (Phi) is 17.7. The van der Waals surface area contributed by atoms with E-state index in [1.807, 2.05) is 54.6 Å². The number of hydrogen-bond acceptors (Lipinski definition) is 15. The zero-order valence-electron chi connectivity index (χ0n) is 38.8. The molecule has 0 aliphatic carbocycles. The average Bonchev–Trinajstić information content (AvgIpc) is 3.86. The van der Waals surface area contributed by atoms with Crippen molar-refractivity contribution in [3.8, 4) is 0 Å². The Morgan fingerprint density at radius 2 is 1.23 bits per heavy atom. The van der Waals surface area contributed by atoms with Gasteiger partial charge in [-0.2, -0.15) is 5.53 Å². The smallest absolute Gasteiger partial charge is 0.354 e. The van der Waals surface area contributed by atoms with Gasteiger partial charge in [-0.05, 0) is 64.7 Å². The minimum Gasteiger partial charge on any atom is -0.477 e. The topological polar surface area (TPSA) is 229 Å². The van der Waals surface area contributed by atoms with E-state index in [-0.39, 0.29) is 48.3 Å². The number of nitrogens with zero attached hydrogens (tertiary/aromatic N) is 5. The fraction of sp³-hybridized carbons (Fsp3) is 0.373. The van der Waals surface area contributed by atoms with Gasteiger partial charge >= 0.3 is 11.9 Å². The van der Waals surface area contributed by atoms with E-state index >= 15 is 0 Å². The molecule has 8 rings (SSSR count). The Labute approximate surface area is 406 Å². The highest BCUT2D eigenvalue weighted by atomic mass is 16.5. The Balaban J connectivity index is 0.908. The molecular weight excluding hydrogens is 899 g/mol. The number of hydrogen-bond donors (Lipinski definition) is 6. The fourth-order valence-electron chi connectivity index (χ4n) is 8.91. The van der Waals surface area contributed by atoms with Gasteiger partial charge in [-0.15, -0.1) is 0 Å². The van der Waals surface area contributed by atoms with E-state index in [0.29, 0.717) is 109 Å². The predicted octanol–water partition coefficient (Wildman–Crippen LogP) is 3.91. The highest BCUT2D eigenvalue weighted by Gasteiger charge is 2.36. The number of carbonyl (C=O) groups is 4. The maximum atomic E-state index is 14.0. The van der Waals surface area contributed by atoms with Gasteiger partial charge in [0.2, 0.25) is 5.91 Å². The summed E-state index contributed by atoms with van der Waals surface area (Å²) in [5.41, 5.74) is 15.8. The summed E-state index contributed by atoms with van der Waals surface area (Å²) in [5.74, 6) is -2.70. The first kappa shape index (κ1) is 49.9. The zero-order valence-corrected chi connectivity index (χ0v) is 38.8. The van der Waals surface area contributed by atoms with Gasteiger partial charge in [0.05, 0.1) is 88.9 Å². The van der Waals surface area contributed by atoms with Gasteiger partial charge in [0.25, 0.3) is 5.91 Å². The number of ether oxygens (including phenoxy) is 4. The van der Waals surface area contributed by atoms with Crippen molar-refractivity contribution in [2.75, 3.05) is 90.5 Å². The van der Waals surface area contributed by atoms with Crippen LogP contribution in [0.4, 0.5) is 5.69 Å². The maximum absolute atomic E-state index is 14.0. The van der Waals surface area contributed by atoms with Gasteiger partial charge in [0.1, 0.15) is 11.4 Å². The van der Waals surface area contributed by atoms with Crippen LogP contribution in [0.15, 0.2) is 109 Å². The summed E-state index contributed by atoms with van der Waals surface area (Å²) >= 11 is 0. The number of carboxylic acid groups (broad SMARTS) is 2. The van der Waals surface area contributed by atoms with Crippen LogP contribution in [0, 0.1) is 0 Å². The Morgan fingerprint density at radius 1 is 0.643 bits per heavy atom. The molecule has 0 bridgehead atoms. The molecule has 19 nitrogen and oxygen atoms in total. The summed E-state index contributed by atoms with van der Waals surface area (Å²) in [6.07, 6.45) is 0.0762. The third kappa shape index (κ3) is 13.0. The molecule has 3 aromatic carbocycles. The van der Waals surface area contributed by atoms with Crippen LogP contribution in [-0.4, -0.2) is 139 Å². The first-order chi connectivity index (χ1) is 34.2. The lowest BCUT2D eigenvalue weighted by molar-refractivity contribution is -0.118. The second kappa shape index (κ2) is 24.9. The van der Waals surface area contributed by atoms with Gasteiger partial charge in [0.15, 0.2) is 0 Å². The maximum Gasteiger partial charge on any atom is 0.354 e. The lowest BCUT2D eigenvalue weighted by Gasteiger charge is -2.33. The molecule has 3 aliphatic heterocycles. The third-order valence-electron chi connectivity index (χ3n) is 12.4. The van der Waals surface area contributed by atoms with Gasteiger partial charge < -0.3 is 39.4 Å². The molecule has 0 saturated carbocycles. The molecule has 2 amide bonds. The van der Waals surface area contributed by atoms with E-state index in [2.05, 4.69) is 47.5 Å². The Morgan fingerprint density at radius 3 is 1.90 bits per heavy atom. The van der Waals surface area contributed by atoms with E-state index in [0.717, 1.165) is 27.9 Å². The zero-order chi connectivity index (χ0) is 48.7. The molecule has 5 aromatic rings. The van der Waals surface area contributed by atoms with Crippen LogP contribution in [-0.2, 0) is 36.8 Å². The van der Waals surface area contributed by atoms with Crippen LogP contribution in [0.5, 0.6) is 0 Å². The predicted molar refractivity (Wildman–Crippen MR) is 257 cm³/mol. The quantitative estimate of drug-likeness (QED) is 0.110. The Bertz CT molecular complexity index is 2550. The van der Waals surface area contributed by atoms with Gasteiger partial charge in [-0.1, -0.05) is 66.7 Å². The number of para-hydroxylation sites is 1. The molecule has 70 heavy (non-hydrogen) atoms. The number of carboxylic acids is 2. The molecule has 5 heterocycles. The molecule has 368 valence electrons. The van der Waals surface area contributed by atoms with Crippen molar-refractivity contribution in [1.29, 1.82) is 0 Å². The fourth-order valence-corrected chi connectivity index (χ4v) is 8.91. The first-order valence-electron chi connectivity index (χ1n) is 23.5. The SMILES string of the molecule is O=C(NCCC(=O)N1Cc2ccccc2C2NNNC2c2ccccc21)c1ccc(C(c2cccc(C(=O)O)n2)N2CCOCCOCCN(Cc3cccc(C(=O)O)n3)CCOCCOCC2)cc1. The van der Waals surface area contributed by atoms with Crippen LogP contribution in [0.2, 0.25) is 0 Å². The van der Waals surface area contributed by atoms with E-state index in [9.17, 15) is 29.4 Å². The molecule has 2 saturated heterocycles. The van der Waals surface area contributed by atoms with Crippen LogP contribution < -0.4 is 26.6 Å². The standard InChI is InChI=1S/C51H59N9O10/c61-45(60-33-37-7-1-2-9-39(37)46-47(56-57-55-46)40-10-3-4-14-44(40)60)19-20-52-49(62)36-17-15-35(16-18-36)48(41-11-6-13-43(54-41)51(65)66)59-23-27-69-31-29-67-25-21-58(22-26-68-30-32-70-28-24-59)34-38-8-5-12-42(53-38)50(63)64/h1-18,46-48,55-57H,19-34H2,(H,52,62)(H,63,64)(H,65,66). The normalized spacial score (nSPS) is 19.5. The minimum absolute atomic E-state index is 0.00859. The second-order valence-corrected chi connectivity index (χ2v) is 17.0. The van der Waals surface area contributed by atoms with Crippen LogP contribution >= 0.6 is 0 Å². The lowest BCUT2D eigenvalue weighted by atomic mass is 9.88. The molecule has 2 fully saturated rings. The number of amides is 2. The van der Waals surface area contributed by atoms with E-state index in [4.69, 9.17) is 18.9 Å². The highest BCUT2D eigenvalue weighted by molar-refractivity contribution is 5.96. The average molecular weight is 958 g/mol. The number of carbonyl (C=O) groups excluding carboxylic acids is 2. The van der Waals surface area contributed by atoms with E-state index < -0.39 is 18.0 Å². The summed E-state index contributed by atoms with van der Waals surface area (Å²) in [4.78, 5) is 66.1. The molecule has 6 N–H and O–H groups in total. The molecule has 0 radical (unpaired) electrons. The van der Waals surface area contributed by atoms with Crippen LogP contribution in [0.25, 0.3) is 0 Å². The number of anilines is 1. The minimum atomic E-state index is -1.15. The number of rotatable bonds is 11. The summed E-state index contributed by atoms with van der Waals surface area (Å²) in [7, 11) is 0.